The van der Waals surface area contributed by atoms with E-state index in [0.717, 1.165) is 62.0 Å². The Kier molecular flexibility index (Phi) is 6.94. The fraction of sp³-hybridized carbons (Fsp3) is 0.194. The Balaban J connectivity index is 1.40. The number of pyridine rings is 2. The summed E-state index contributed by atoms with van der Waals surface area (Å²) in [5.74, 6) is 0.675. The molecule has 39 heavy (non-hydrogen) atoms. The van der Waals surface area contributed by atoms with Crippen molar-refractivity contribution in [1.82, 2.24) is 35.5 Å². The van der Waals surface area contributed by atoms with Crippen LogP contribution in [0.25, 0.3) is 50.2 Å². The van der Waals surface area contributed by atoms with Crippen LogP contribution in [0.3, 0.4) is 0 Å². The summed E-state index contributed by atoms with van der Waals surface area (Å²) in [4.78, 5) is 21.3. The summed E-state index contributed by atoms with van der Waals surface area (Å²) in [5.41, 5.74) is 9.12. The fourth-order valence-corrected chi connectivity index (χ4v) is 4.48. The highest BCUT2D eigenvalue weighted by Crippen LogP contribution is 2.31. The number of nitrogens with one attached hydrogen (secondary N) is 3. The van der Waals surface area contributed by atoms with Gasteiger partial charge in [0.05, 0.1) is 22.7 Å². The lowest BCUT2D eigenvalue weighted by atomic mass is 9.91. The molecule has 5 rings (SSSR count). The minimum absolute atomic E-state index is 0.156. The van der Waals surface area contributed by atoms with E-state index in [0.29, 0.717) is 11.5 Å². The van der Waals surface area contributed by atoms with Gasteiger partial charge in [-0.1, -0.05) is 40.0 Å². The van der Waals surface area contributed by atoms with E-state index in [1.54, 1.807) is 24.8 Å². The average Bonchev–Trinajstić information content (AvgIpc) is 3.51. The van der Waals surface area contributed by atoms with Crippen LogP contribution in [0.5, 0.6) is 0 Å². The van der Waals surface area contributed by atoms with Crippen molar-refractivity contribution in [2.75, 3.05) is 0 Å². The van der Waals surface area contributed by atoms with Gasteiger partial charge < -0.3 is 10.3 Å². The number of hydrogen-bond acceptors (Lipinski definition) is 6. The van der Waals surface area contributed by atoms with Gasteiger partial charge in [0, 0.05) is 53.3 Å². The van der Waals surface area contributed by atoms with E-state index < -0.39 is 0 Å². The van der Waals surface area contributed by atoms with Crippen LogP contribution in [-0.2, 0) is 0 Å². The minimum atomic E-state index is 0.156. The van der Waals surface area contributed by atoms with Crippen molar-refractivity contribution in [3.8, 4) is 22.6 Å². The van der Waals surface area contributed by atoms with Gasteiger partial charge in [0.15, 0.2) is 5.82 Å². The van der Waals surface area contributed by atoms with Crippen molar-refractivity contribution < 1.29 is 0 Å². The van der Waals surface area contributed by atoms with Crippen molar-refractivity contribution >= 4 is 33.7 Å². The van der Waals surface area contributed by atoms with Crippen LogP contribution in [0.1, 0.15) is 39.7 Å². The highest BCUT2D eigenvalue weighted by molar-refractivity contribution is 5.97. The monoisotopic (exact) mass is 516 g/mol. The van der Waals surface area contributed by atoms with E-state index in [1.807, 2.05) is 43.6 Å². The van der Waals surface area contributed by atoms with Gasteiger partial charge >= 0.3 is 0 Å². The minimum Gasteiger partial charge on any atom is -0.359 e. The Hall–Kier alpha value is -4.85. The molecule has 0 aliphatic heterocycles. The predicted molar refractivity (Wildman–Crippen MR) is 160 cm³/mol. The van der Waals surface area contributed by atoms with Crippen LogP contribution in [0, 0.1) is 5.41 Å². The molecule has 0 bridgehead atoms. The van der Waals surface area contributed by atoms with Crippen LogP contribution in [0.15, 0.2) is 90.9 Å². The number of imidazole rings is 1. The van der Waals surface area contributed by atoms with Crippen molar-refractivity contribution in [2.24, 2.45) is 10.4 Å². The van der Waals surface area contributed by atoms with Gasteiger partial charge in [-0.15, -0.1) is 0 Å². The lowest BCUT2D eigenvalue weighted by Crippen LogP contribution is -2.17. The standard InChI is InChI=1S/C31H32N8/c1-19(15-33-16-21(3)35-20(2)14-31(4,5)6)23-7-8-26-24(13-23)29(39-38-26)30-36-27-18-34-17-25(28(27)37-30)22-9-11-32-12-10-22/h7-13,15-18,35H,2-3,14H2,1,4-6H3,(H,36,37)(H,38,39)/b19-15+,33-16-. The van der Waals surface area contributed by atoms with E-state index in [1.165, 1.54) is 0 Å². The SMILES string of the molecule is C=C(/C=N\C=C(/C)c1ccc2[nH]nc(-c3nc4c(-c5ccncc5)cncc4[nH]3)c2c1)NC(=C)CC(C)(C)C. The molecule has 0 atom stereocenters. The van der Waals surface area contributed by atoms with Crippen LogP contribution in [-0.4, -0.2) is 36.3 Å². The third-order valence-electron chi connectivity index (χ3n) is 6.21. The first-order valence-corrected chi connectivity index (χ1v) is 12.7. The van der Waals surface area contributed by atoms with E-state index in [-0.39, 0.29) is 5.41 Å². The second-order valence-electron chi connectivity index (χ2n) is 10.8. The Morgan fingerprint density at radius 3 is 2.62 bits per heavy atom. The Labute approximate surface area is 227 Å². The molecule has 0 amide bonds. The predicted octanol–water partition coefficient (Wildman–Crippen LogP) is 7.05. The second kappa shape index (κ2) is 10.5. The largest absolute Gasteiger partial charge is 0.359 e. The molecule has 8 heteroatoms. The van der Waals surface area contributed by atoms with E-state index in [4.69, 9.17) is 4.98 Å². The van der Waals surface area contributed by atoms with Gasteiger partial charge in [-0.3, -0.25) is 20.1 Å². The Bertz CT molecular complexity index is 1730. The lowest BCUT2D eigenvalue weighted by Gasteiger charge is -2.20. The maximum atomic E-state index is 4.91. The molecular formula is C31H32N8. The molecule has 0 saturated heterocycles. The van der Waals surface area contributed by atoms with Gasteiger partial charge in [0.2, 0.25) is 0 Å². The molecule has 4 heterocycles. The number of aromatic nitrogens is 6. The number of aliphatic imine (C=N–C) groups is 1. The van der Waals surface area contributed by atoms with Gasteiger partial charge in [-0.05, 0) is 59.7 Å². The Morgan fingerprint density at radius 1 is 1.05 bits per heavy atom. The van der Waals surface area contributed by atoms with E-state index in [2.05, 4.69) is 75.5 Å². The zero-order valence-corrected chi connectivity index (χ0v) is 22.7. The van der Waals surface area contributed by atoms with Crippen molar-refractivity contribution in [2.45, 2.75) is 34.1 Å². The summed E-state index contributed by atoms with van der Waals surface area (Å²) in [7, 11) is 0. The summed E-state index contributed by atoms with van der Waals surface area (Å²) >= 11 is 0. The molecule has 0 aliphatic rings. The van der Waals surface area contributed by atoms with Crippen LogP contribution < -0.4 is 5.32 Å². The summed E-state index contributed by atoms with van der Waals surface area (Å²) in [6, 6.07) is 10.1. The molecule has 0 fully saturated rings. The van der Waals surface area contributed by atoms with E-state index in [9.17, 15) is 0 Å². The summed E-state index contributed by atoms with van der Waals surface area (Å²) in [6.45, 7) is 16.7. The van der Waals surface area contributed by atoms with E-state index >= 15 is 0 Å². The molecule has 0 unspecified atom stereocenters. The number of aromatic amines is 2. The highest BCUT2D eigenvalue weighted by atomic mass is 15.1. The Morgan fingerprint density at radius 2 is 1.85 bits per heavy atom. The first-order valence-electron chi connectivity index (χ1n) is 12.7. The summed E-state index contributed by atoms with van der Waals surface area (Å²) in [6.07, 6.45) is 11.5. The molecule has 196 valence electrons. The molecule has 1 aromatic carbocycles. The molecule has 4 aromatic heterocycles. The third kappa shape index (κ3) is 5.85. The highest BCUT2D eigenvalue weighted by Gasteiger charge is 2.16. The van der Waals surface area contributed by atoms with Crippen molar-refractivity contribution in [3.63, 3.8) is 0 Å². The summed E-state index contributed by atoms with van der Waals surface area (Å²) < 4.78 is 0. The molecule has 3 N–H and O–H groups in total. The van der Waals surface area contributed by atoms with Crippen LogP contribution >= 0.6 is 0 Å². The van der Waals surface area contributed by atoms with Gasteiger partial charge in [-0.25, -0.2) is 4.98 Å². The zero-order valence-electron chi connectivity index (χ0n) is 22.7. The quantitative estimate of drug-likeness (QED) is 0.192. The van der Waals surface area contributed by atoms with Crippen LogP contribution in [0.4, 0.5) is 0 Å². The van der Waals surface area contributed by atoms with Gasteiger partial charge in [0.1, 0.15) is 5.69 Å². The molecule has 8 nitrogen and oxygen atoms in total. The number of benzene rings is 1. The zero-order chi connectivity index (χ0) is 27.6. The second-order valence-corrected chi connectivity index (χ2v) is 10.8. The fourth-order valence-electron chi connectivity index (χ4n) is 4.48. The number of allylic oxidation sites excluding steroid dienone is 3. The van der Waals surface area contributed by atoms with Gasteiger partial charge in [0.25, 0.3) is 0 Å². The smallest absolute Gasteiger partial charge is 0.159 e. The number of fused-ring (bicyclic) bond motifs is 2. The number of nitrogens with zero attached hydrogens (tertiary/aromatic N) is 5. The average molecular weight is 517 g/mol. The maximum absolute atomic E-state index is 4.91. The van der Waals surface area contributed by atoms with Gasteiger partial charge in [-0.2, -0.15) is 5.10 Å². The third-order valence-corrected chi connectivity index (χ3v) is 6.21. The number of H-pyrrole nitrogens is 2. The number of hydrogen-bond donors (Lipinski definition) is 3. The first kappa shape index (κ1) is 25.8. The molecule has 0 radical (unpaired) electrons. The first-order chi connectivity index (χ1) is 18.7. The summed E-state index contributed by atoms with van der Waals surface area (Å²) in [5, 5.41) is 11.9. The lowest BCUT2D eigenvalue weighted by molar-refractivity contribution is 0.403. The molecule has 0 saturated carbocycles. The normalized spacial score (nSPS) is 12.5. The topological polar surface area (TPSA) is 108 Å². The maximum Gasteiger partial charge on any atom is 0.159 e. The molecular weight excluding hydrogens is 484 g/mol. The van der Waals surface area contributed by atoms with Crippen molar-refractivity contribution in [3.05, 3.63) is 91.4 Å². The number of rotatable bonds is 8. The van der Waals surface area contributed by atoms with Crippen LogP contribution in [0.2, 0.25) is 0 Å². The molecule has 0 spiro atoms. The molecule has 0 aliphatic carbocycles. The van der Waals surface area contributed by atoms with Crippen molar-refractivity contribution in [1.29, 1.82) is 0 Å². The molecule has 5 aromatic rings.